The summed E-state index contributed by atoms with van der Waals surface area (Å²) in [6.45, 7) is 0.178. The second-order valence-corrected chi connectivity index (χ2v) is 8.94. The molecule has 2 heterocycles. The predicted octanol–water partition coefficient (Wildman–Crippen LogP) is 5.00. The van der Waals surface area contributed by atoms with Gasteiger partial charge in [0.2, 0.25) is 5.91 Å². The molecular weight excluding hydrogens is 465 g/mol. The number of aromatic nitrogens is 1. The minimum absolute atomic E-state index is 0.138. The van der Waals surface area contributed by atoms with Crippen molar-refractivity contribution in [2.24, 2.45) is 0 Å². The van der Waals surface area contributed by atoms with E-state index >= 15 is 0 Å². The van der Waals surface area contributed by atoms with Gasteiger partial charge in [0.15, 0.2) is 5.56 Å². The van der Waals surface area contributed by atoms with Crippen LogP contribution in [0.2, 0.25) is 0 Å². The van der Waals surface area contributed by atoms with E-state index in [2.05, 4.69) is 4.98 Å². The number of halogens is 3. The van der Waals surface area contributed by atoms with Crippen LogP contribution in [0, 0.1) is 0 Å². The molecule has 0 saturated carbocycles. The molecule has 1 aliphatic rings. The molecule has 1 fully saturated rings. The van der Waals surface area contributed by atoms with Gasteiger partial charge in [-0.3, -0.25) is 9.78 Å². The molecule has 5 nitrogen and oxygen atoms in total. The summed E-state index contributed by atoms with van der Waals surface area (Å²) in [5.74, 6) is 0.609. The van der Waals surface area contributed by atoms with Gasteiger partial charge in [0.25, 0.3) is 0 Å². The number of aliphatic hydroxyl groups is 1. The Balaban J connectivity index is 1.44. The highest BCUT2D eigenvalue weighted by Crippen LogP contribution is 2.33. The summed E-state index contributed by atoms with van der Waals surface area (Å²) < 4.78 is 45.0. The van der Waals surface area contributed by atoms with E-state index in [-0.39, 0.29) is 24.3 Å². The van der Waals surface area contributed by atoms with Gasteiger partial charge in [-0.1, -0.05) is 36.0 Å². The number of benzene rings is 2. The van der Waals surface area contributed by atoms with Crippen molar-refractivity contribution in [3.8, 4) is 16.9 Å². The third kappa shape index (κ3) is 5.90. The number of aliphatic hydroxyl groups excluding tert-OH is 1. The first kappa shape index (κ1) is 24.1. The molecule has 2 atom stereocenters. The molecule has 1 saturated heterocycles. The molecule has 34 heavy (non-hydrogen) atoms. The average molecular weight is 489 g/mol. The van der Waals surface area contributed by atoms with Crippen molar-refractivity contribution in [2.45, 2.75) is 30.6 Å². The molecule has 0 bridgehead atoms. The molecule has 178 valence electrons. The number of ether oxygens (including phenoxy) is 1. The zero-order chi connectivity index (χ0) is 24.1. The zero-order valence-corrected chi connectivity index (χ0v) is 18.9. The molecule has 1 N–H and O–H groups in total. The van der Waals surface area contributed by atoms with Crippen molar-refractivity contribution in [1.82, 2.24) is 9.88 Å². The first-order valence-corrected chi connectivity index (χ1v) is 11.8. The van der Waals surface area contributed by atoms with E-state index in [0.29, 0.717) is 29.7 Å². The van der Waals surface area contributed by atoms with Crippen LogP contribution in [0.25, 0.3) is 11.1 Å². The number of amides is 1. The second-order valence-electron chi connectivity index (χ2n) is 7.90. The van der Waals surface area contributed by atoms with Crippen LogP contribution in [0.5, 0.6) is 5.75 Å². The van der Waals surface area contributed by atoms with Gasteiger partial charge in [0, 0.05) is 12.4 Å². The molecule has 0 radical (unpaired) electrons. The van der Waals surface area contributed by atoms with Crippen LogP contribution in [-0.4, -0.2) is 44.9 Å². The molecule has 0 spiro atoms. The Hall–Kier alpha value is -3.04. The zero-order valence-electron chi connectivity index (χ0n) is 18.1. The second kappa shape index (κ2) is 10.5. The number of carbonyl (C=O) groups excluding carboxylic acids is 1. The molecule has 9 heteroatoms. The minimum Gasteiger partial charge on any atom is -0.491 e. The van der Waals surface area contributed by atoms with Crippen molar-refractivity contribution < 1.29 is 27.8 Å². The number of hydrogen-bond donors (Lipinski definition) is 1. The monoisotopic (exact) mass is 488 g/mol. The molecule has 0 aliphatic carbocycles. The van der Waals surface area contributed by atoms with Gasteiger partial charge >= 0.3 is 6.18 Å². The number of hydrogen-bond acceptors (Lipinski definition) is 5. The normalized spacial score (nSPS) is 17.1. The molecule has 1 aliphatic heterocycles. The Morgan fingerprint density at radius 2 is 1.82 bits per heavy atom. The molecule has 1 amide bonds. The predicted molar refractivity (Wildman–Crippen MR) is 124 cm³/mol. The molecular formula is C25H23F3N2O3S. The van der Waals surface area contributed by atoms with Crippen LogP contribution in [-0.2, 0) is 17.4 Å². The number of carbonyl (C=O) groups is 1. The Kier molecular flexibility index (Phi) is 7.43. The fourth-order valence-electron chi connectivity index (χ4n) is 3.80. The number of rotatable bonds is 8. The summed E-state index contributed by atoms with van der Waals surface area (Å²) in [6.07, 6.45) is 0.291. The van der Waals surface area contributed by atoms with Gasteiger partial charge < -0.3 is 14.7 Å². The number of alkyl halides is 3. The lowest BCUT2D eigenvalue weighted by atomic mass is 10.0. The van der Waals surface area contributed by atoms with Gasteiger partial charge in [-0.15, -0.1) is 0 Å². The summed E-state index contributed by atoms with van der Waals surface area (Å²) in [5, 5.41) is 10.3. The van der Waals surface area contributed by atoms with Gasteiger partial charge in [-0.25, -0.2) is 0 Å². The van der Waals surface area contributed by atoms with Crippen LogP contribution < -0.4 is 4.74 Å². The summed E-state index contributed by atoms with van der Waals surface area (Å²) in [7, 11) is 0. The van der Waals surface area contributed by atoms with E-state index in [1.165, 1.54) is 22.7 Å². The number of nitrogens with zero attached hydrogens (tertiary/aromatic N) is 2. The van der Waals surface area contributed by atoms with E-state index in [1.807, 2.05) is 12.1 Å². The molecule has 2 aromatic carbocycles. The van der Waals surface area contributed by atoms with Crippen LogP contribution >= 0.6 is 11.8 Å². The SMILES string of the molecule is O=C1CSC(O)N1C(CCc1ccncc1)COc1ccc(-c2cccc(C(F)(F)F)c2)cc1. The van der Waals surface area contributed by atoms with Gasteiger partial charge in [-0.2, -0.15) is 13.2 Å². The highest BCUT2D eigenvalue weighted by atomic mass is 32.2. The first-order valence-electron chi connectivity index (χ1n) is 10.7. The Morgan fingerprint density at radius 1 is 1.09 bits per heavy atom. The fourth-order valence-corrected chi connectivity index (χ4v) is 4.70. The maximum absolute atomic E-state index is 13.0. The highest BCUT2D eigenvalue weighted by molar-refractivity contribution is 8.00. The maximum atomic E-state index is 13.0. The average Bonchev–Trinajstić information content (AvgIpc) is 3.17. The standard InChI is InChI=1S/C25H23F3N2O3S/c26-25(27,28)20-3-1-2-19(14-20)18-5-8-22(9-6-18)33-15-21(30-23(31)16-34-24(30)32)7-4-17-10-12-29-13-11-17/h1-3,5-6,8-14,21,24,32H,4,7,15-16H2. The van der Waals surface area contributed by atoms with Crippen LogP contribution in [0.3, 0.4) is 0 Å². The number of pyridine rings is 1. The van der Waals surface area contributed by atoms with Crippen molar-refractivity contribution >= 4 is 17.7 Å². The van der Waals surface area contributed by atoms with Gasteiger partial charge in [0.05, 0.1) is 17.4 Å². The third-order valence-electron chi connectivity index (χ3n) is 5.61. The van der Waals surface area contributed by atoms with E-state index in [4.69, 9.17) is 4.74 Å². The van der Waals surface area contributed by atoms with E-state index in [1.54, 1.807) is 42.7 Å². The Labute approximate surface area is 199 Å². The first-order chi connectivity index (χ1) is 16.3. The summed E-state index contributed by atoms with van der Waals surface area (Å²) in [5.41, 5.74) is 0.545. The third-order valence-corrected chi connectivity index (χ3v) is 6.55. The van der Waals surface area contributed by atoms with Gasteiger partial charge in [-0.05, 0) is 65.9 Å². The summed E-state index contributed by atoms with van der Waals surface area (Å²) in [4.78, 5) is 17.8. The number of aryl methyl sites for hydroxylation is 1. The molecule has 3 aromatic rings. The largest absolute Gasteiger partial charge is 0.491 e. The minimum atomic E-state index is -4.40. The Morgan fingerprint density at radius 3 is 2.47 bits per heavy atom. The van der Waals surface area contributed by atoms with Crippen LogP contribution in [0.4, 0.5) is 13.2 Å². The lowest BCUT2D eigenvalue weighted by molar-refractivity contribution is -0.137. The summed E-state index contributed by atoms with van der Waals surface area (Å²) in [6, 6.07) is 15.4. The molecule has 4 rings (SSSR count). The quantitative estimate of drug-likeness (QED) is 0.484. The van der Waals surface area contributed by atoms with Gasteiger partial charge in [0.1, 0.15) is 12.4 Å². The van der Waals surface area contributed by atoms with E-state index < -0.39 is 17.3 Å². The number of thioether (sulfide) groups is 1. The lowest BCUT2D eigenvalue weighted by Gasteiger charge is -2.30. The highest BCUT2D eigenvalue weighted by Gasteiger charge is 2.36. The fraction of sp³-hybridized carbons (Fsp3) is 0.280. The van der Waals surface area contributed by atoms with Crippen LogP contribution in [0.15, 0.2) is 73.1 Å². The smallest absolute Gasteiger partial charge is 0.416 e. The van der Waals surface area contributed by atoms with Crippen molar-refractivity contribution in [3.05, 3.63) is 84.2 Å². The maximum Gasteiger partial charge on any atom is 0.416 e. The van der Waals surface area contributed by atoms with E-state index in [9.17, 15) is 23.1 Å². The molecule has 2 unspecified atom stereocenters. The van der Waals surface area contributed by atoms with Crippen LogP contribution in [0.1, 0.15) is 17.5 Å². The van der Waals surface area contributed by atoms with Crippen molar-refractivity contribution in [1.29, 1.82) is 0 Å². The lowest BCUT2D eigenvalue weighted by Crippen LogP contribution is -2.45. The summed E-state index contributed by atoms with van der Waals surface area (Å²) >= 11 is 1.17. The molecule has 1 aromatic heterocycles. The topological polar surface area (TPSA) is 62.7 Å². The van der Waals surface area contributed by atoms with Crippen molar-refractivity contribution in [3.63, 3.8) is 0 Å². The Bertz CT molecular complexity index is 1110. The van der Waals surface area contributed by atoms with E-state index in [0.717, 1.165) is 17.7 Å². The van der Waals surface area contributed by atoms with Crippen molar-refractivity contribution in [2.75, 3.05) is 12.4 Å².